The molecule has 0 spiro atoms. The van der Waals surface area contributed by atoms with Crippen molar-refractivity contribution in [2.24, 2.45) is 0 Å². The smallest absolute Gasteiger partial charge is 0.376 e. The second-order valence-corrected chi connectivity index (χ2v) is 3.44. The number of alkyl halides is 3. The third-order valence-electron chi connectivity index (χ3n) is 2.17. The first kappa shape index (κ1) is 11.0. The van der Waals surface area contributed by atoms with Crippen molar-refractivity contribution in [1.82, 2.24) is 0 Å². The van der Waals surface area contributed by atoms with E-state index in [1.807, 2.05) is 0 Å². The molecule has 78 valence electrons. The first-order valence-corrected chi connectivity index (χ1v) is 4.11. The SMILES string of the molecule is Cc1ccc([C@](C)(O)C(F)(F)F)cc1. The topological polar surface area (TPSA) is 20.2 Å². The van der Waals surface area contributed by atoms with Gasteiger partial charge >= 0.3 is 6.18 Å². The molecule has 0 aromatic heterocycles. The van der Waals surface area contributed by atoms with E-state index in [0.29, 0.717) is 0 Å². The normalized spacial score (nSPS) is 16.4. The van der Waals surface area contributed by atoms with E-state index >= 15 is 0 Å². The van der Waals surface area contributed by atoms with Gasteiger partial charge in [-0.2, -0.15) is 13.2 Å². The van der Waals surface area contributed by atoms with E-state index in [4.69, 9.17) is 0 Å². The minimum atomic E-state index is -4.65. The van der Waals surface area contributed by atoms with Gasteiger partial charge in [0.25, 0.3) is 0 Å². The highest BCUT2D eigenvalue weighted by Crippen LogP contribution is 2.38. The number of aliphatic hydroxyl groups is 1. The number of halogens is 3. The predicted octanol–water partition coefficient (Wildman–Crippen LogP) is 2.76. The molecule has 1 aromatic rings. The van der Waals surface area contributed by atoms with Gasteiger partial charge in [-0.3, -0.25) is 0 Å². The average molecular weight is 204 g/mol. The largest absolute Gasteiger partial charge is 0.421 e. The van der Waals surface area contributed by atoms with Crippen LogP contribution in [0.4, 0.5) is 13.2 Å². The molecule has 0 amide bonds. The Balaban J connectivity index is 3.10. The van der Waals surface area contributed by atoms with E-state index in [1.165, 1.54) is 24.3 Å². The molecule has 0 aliphatic rings. The van der Waals surface area contributed by atoms with Crippen LogP contribution in [-0.2, 0) is 5.60 Å². The van der Waals surface area contributed by atoms with Crippen LogP contribution >= 0.6 is 0 Å². The standard InChI is InChI=1S/C10H11F3O/c1-7-3-5-8(6-4-7)9(2,14)10(11,12)13/h3-6,14H,1-2H3/t9-/m0/s1. The van der Waals surface area contributed by atoms with Crippen LogP contribution in [0.25, 0.3) is 0 Å². The van der Waals surface area contributed by atoms with Crippen LogP contribution in [0, 0.1) is 6.92 Å². The summed E-state index contributed by atoms with van der Waals surface area (Å²) in [5, 5.41) is 9.29. The highest BCUT2D eigenvalue weighted by molar-refractivity contribution is 5.27. The van der Waals surface area contributed by atoms with Crippen LogP contribution in [0.2, 0.25) is 0 Å². The van der Waals surface area contributed by atoms with Gasteiger partial charge < -0.3 is 5.11 Å². The van der Waals surface area contributed by atoms with Crippen LogP contribution in [-0.4, -0.2) is 11.3 Å². The molecule has 0 heterocycles. The van der Waals surface area contributed by atoms with Gasteiger partial charge in [0.05, 0.1) is 0 Å². The van der Waals surface area contributed by atoms with Crippen molar-refractivity contribution in [2.45, 2.75) is 25.6 Å². The molecule has 0 saturated carbocycles. The summed E-state index contributed by atoms with van der Waals surface area (Å²) in [7, 11) is 0. The second kappa shape index (κ2) is 3.28. The molecule has 0 saturated heterocycles. The Morgan fingerprint density at radius 1 is 1.07 bits per heavy atom. The molecule has 4 heteroatoms. The molecule has 0 fully saturated rings. The zero-order valence-corrected chi connectivity index (χ0v) is 7.89. The molecule has 1 atom stereocenters. The summed E-state index contributed by atoms with van der Waals surface area (Å²) >= 11 is 0. The van der Waals surface area contributed by atoms with E-state index in [9.17, 15) is 18.3 Å². The summed E-state index contributed by atoms with van der Waals surface area (Å²) in [5.74, 6) is 0. The van der Waals surface area contributed by atoms with Gasteiger partial charge in [0.15, 0.2) is 5.60 Å². The van der Waals surface area contributed by atoms with E-state index in [0.717, 1.165) is 12.5 Å². The van der Waals surface area contributed by atoms with Crippen molar-refractivity contribution in [3.05, 3.63) is 35.4 Å². The van der Waals surface area contributed by atoms with Crippen LogP contribution in [0.1, 0.15) is 18.1 Å². The molecular formula is C10H11F3O. The highest BCUT2D eigenvalue weighted by atomic mass is 19.4. The van der Waals surface area contributed by atoms with Crippen LogP contribution in [0.5, 0.6) is 0 Å². The number of hydrogen-bond donors (Lipinski definition) is 1. The maximum Gasteiger partial charge on any atom is 0.421 e. The number of rotatable bonds is 1. The number of hydrogen-bond acceptors (Lipinski definition) is 1. The molecule has 0 bridgehead atoms. The Morgan fingerprint density at radius 2 is 1.50 bits per heavy atom. The van der Waals surface area contributed by atoms with E-state index in [2.05, 4.69) is 0 Å². The summed E-state index contributed by atoms with van der Waals surface area (Å²) in [5.41, 5.74) is -2.07. The number of benzene rings is 1. The third-order valence-corrected chi connectivity index (χ3v) is 2.17. The first-order chi connectivity index (χ1) is 6.25. The quantitative estimate of drug-likeness (QED) is 0.745. The van der Waals surface area contributed by atoms with Crippen molar-refractivity contribution >= 4 is 0 Å². The highest BCUT2D eigenvalue weighted by Gasteiger charge is 2.50. The minimum absolute atomic E-state index is 0.143. The van der Waals surface area contributed by atoms with Crippen molar-refractivity contribution in [2.75, 3.05) is 0 Å². The monoisotopic (exact) mass is 204 g/mol. The molecular weight excluding hydrogens is 193 g/mol. The van der Waals surface area contributed by atoms with Crippen molar-refractivity contribution in [3.63, 3.8) is 0 Å². The molecule has 14 heavy (non-hydrogen) atoms. The van der Waals surface area contributed by atoms with Crippen LogP contribution in [0.3, 0.4) is 0 Å². The molecule has 0 aliphatic heterocycles. The Bertz CT molecular complexity index is 311. The van der Waals surface area contributed by atoms with E-state index in [1.54, 1.807) is 6.92 Å². The number of aryl methyl sites for hydroxylation is 1. The maximum atomic E-state index is 12.4. The zero-order chi connectivity index (χ0) is 11.0. The Morgan fingerprint density at radius 3 is 1.86 bits per heavy atom. The molecule has 1 aromatic carbocycles. The molecule has 0 unspecified atom stereocenters. The summed E-state index contributed by atoms with van der Waals surface area (Å²) < 4.78 is 37.1. The minimum Gasteiger partial charge on any atom is -0.376 e. The van der Waals surface area contributed by atoms with Gasteiger partial charge in [-0.15, -0.1) is 0 Å². The van der Waals surface area contributed by atoms with Gasteiger partial charge in [0.2, 0.25) is 0 Å². The van der Waals surface area contributed by atoms with Crippen molar-refractivity contribution in [1.29, 1.82) is 0 Å². The predicted molar refractivity (Wildman–Crippen MR) is 46.8 cm³/mol. The Hall–Kier alpha value is -1.03. The molecule has 1 N–H and O–H groups in total. The lowest BCUT2D eigenvalue weighted by atomic mass is 9.95. The van der Waals surface area contributed by atoms with Gasteiger partial charge in [-0.25, -0.2) is 0 Å². The molecule has 0 radical (unpaired) electrons. The molecule has 1 nitrogen and oxygen atoms in total. The second-order valence-electron chi connectivity index (χ2n) is 3.44. The van der Waals surface area contributed by atoms with Crippen LogP contribution < -0.4 is 0 Å². The first-order valence-electron chi connectivity index (χ1n) is 4.11. The van der Waals surface area contributed by atoms with Crippen LogP contribution in [0.15, 0.2) is 24.3 Å². The van der Waals surface area contributed by atoms with Crippen molar-refractivity contribution < 1.29 is 18.3 Å². The fourth-order valence-electron chi connectivity index (χ4n) is 1.04. The van der Waals surface area contributed by atoms with Gasteiger partial charge in [0, 0.05) is 0 Å². The van der Waals surface area contributed by atoms with Gasteiger partial charge in [0.1, 0.15) is 0 Å². The summed E-state index contributed by atoms with van der Waals surface area (Å²) in [6, 6.07) is 5.64. The fraction of sp³-hybridized carbons (Fsp3) is 0.400. The lowest BCUT2D eigenvalue weighted by molar-refractivity contribution is -0.258. The van der Waals surface area contributed by atoms with Crippen molar-refractivity contribution in [3.8, 4) is 0 Å². The lowest BCUT2D eigenvalue weighted by Gasteiger charge is -2.26. The maximum absolute atomic E-state index is 12.4. The zero-order valence-electron chi connectivity index (χ0n) is 7.89. The summed E-state index contributed by atoms with van der Waals surface area (Å²) in [4.78, 5) is 0. The summed E-state index contributed by atoms with van der Waals surface area (Å²) in [6.07, 6.45) is -4.65. The fourth-order valence-corrected chi connectivity index (χ4v) is 1.04. The Kier molecular flexibility index (Phi) is 2.58. The lowest BCUT2D eigenvalue weighted by Crippen LogP contribution is -2.39. The van der Waals surface area contributed by atoms with Gasteiger partial charge in [-0.1, -0.05) is 29.8 Å². The summed E-state index contributed by atoms with van der Waals surface area (Å²) in [6.45, 7) is 2.52. The van der Waals surface area contributed by atoms with E-state index < -0.39 is 11.8 Å². The molecule has 1 rings (SSSR count). The Labute approximate surface area is 80.2 Å². The average Bonchev–Trinajstić information content (AvgIpc) is 2.03. The van der Waals surface area contributed by atoms with Gasteiger partial charge in [-0.05, 0) is 19.4 Å². The third kappa shape index (κ3) is 1.90. The molecule has 0 aliphatic carbocycles. The van der Waals surface area contributed by atoms with E-state index in [-0.39, 0.29) is 5.56 Å².